The maximum atomic E-state index is 12.7. The molecular formula is C19H30Cl2N4O3. The Morgan fingerprint density at radius 3 is 2.50 bits per heavy atom. The van der Waals surface area contributed by atoms with Gasteiger partial charge in [0.05, 0.1) is 19.3 Å². The molecule has 0 aliphatic carbocycles. The number of benzene rings is 1. The Labute approximate surface area is 178 Å². The first-order valence-corrected chi connectivity index (χ1v) is 9.20. The fourth-order valence-electron chi connectivity index (χ4n) is 3.42. The van der Waals surface area contributed by atoms with Crippen molar-refractivity contribution in [3.05, 3.63) is 35.9 Å². The third-order valence-corrected chi connectivity index (χ3v) is 5.18. The van der Waals surface area contributed by atoms with Crippen LogP contribution in [0.25, 0.3) is 0 Å². The van der Waals surface area contributed by atoms with E-state index in [9.17, 15) is 9.59 Å². The highest BCUT2D eigenvalue weighted by atomic mass is 35.5. The Bertz CT molecular complexity index is 639. The zero-order valence-electron chi connectivity index (χ0n) is 16.1. The van der Waals surface area contributed by atoms with Crippen LogP contribution in [0.4, 0.5) is 0 Å². The van der Waals surface area contributed by atoms with Crippen LogP contribution >= 0.6 is 24.8 Å². The lowest BCUT2D eigenvalue weighted by Crippen LogP contribution is -2.52. The number of carbonyl (C=O) groups is 2. The van der Waals surface area contributed by atoms with Crippen LogP contribution in [0.15, 0.2) is 30.3 Å². The van der Waals surface area contributed by atoms with Gasteiger partial charge in [-0.25, -0.2) is 0 Å². The van der Waals surface area contributed by atoms with Crippen molar-refractivity contribution in [3.8, 4) is 0 Å². The van der Waals surface area contributed by atoms with Gasteiger partial charge in [0.25, 0.3) is 0 Å². The average molecular weight is 433 g/mol. The maximum absolute atomic E-state index is 12.7. The molecule has 2 aliphatic heterocycles. The van der Waals surface area contributed by atoms with Gasteiger partial charge in [-0.1, -0.05) is 30.3 Å². The summed E-state index contributed by atoms with van der Waals surface area (Å²) in [6.07, 6.45) is 0.333. The summed E-state index contributed by atoms with van der Waals surface area (Å²) in [6.45, 7) is 7.08. The minimum Gasteiger partial charge on any atom is -0.379 e. The Morgan fingerprint density at radius 2 is 1.86 bits per heavy atom. The molecule has 2 aliphatic rings. The monoisotopic (exact) mass is 432 g/mol. The van der Waals surface area contributed by atoms with E-state index in [0.29, 0.717) is 19.5 Å². The van der Waals surface area contributed by atoms with E-state index in [0.717, 1.165) is 38.4 Å². The van der Waals surface area contributed by atoms with E-state index in [-0.39, 0.29) is 42.7 Å². The molecule has 3 N–H and O–H groups in total. The molecule has 0 spiro atoms. The third-order valence-electron chi connectivity index (χ3n) is 5.18. The number of hydrogen-bond acceptors (Lipinski definition) is 5. The second kappa shape index (κ2) is 11.0. The molecule has 28 heavy (non-hydrogen) atoms. The van der Waals surface area contributed by atoms with Crippen LogP contribution in [0.3, 0.4) is 0 Å². The second-order valence-electron chi connectivity index (χ2n) is 7.24. The number of hydrogen-bond donors (Lipinski definition) is 2. The largest absolute Gasteiger partial charge is 0.379 e. The lowest BCUT2D eigenvalue weighted by atomic mass is 9.92. The Balaban J connectivity index is 0.00000196. The highest BCUT2D eigenvalue weighted by Gasteiger charge is 2.36. The van der Waals surface area contributed by atoms with Crippen LogP contribution in [0.2, 0.25) is 0 Å². The molecule has 2 unspecified atom stereocenters. The summed E-state index contributed by atoms with van der Waals surface area (Å²) in [4.78, 5) is 29.0. The number of halogens is 2. The van der Waals surface area contributed by atoms with Gasteiger partial charge >= 0.3 is 0 Å². The molecule has 3 rings (SSSR count). The summed E-state index contributed by atoms with van der Waals surface area (Å²) in [6, 6.07) is 9.10. The molecule has 0 bridgehead atoms. The number of likely N-dealkylation sites (tertiary alicyclic amines) is 1. The van der Waals surface area contributed by atoms with Crippen molar-refractivity contribution in [2.45, 2.75) is 24.9 Å². The Hall–Kier alpha value is -1.38. The summed E-state index contributed by atoms with van der Waals surface area (Å²) < 4.78 is 5.34. The van der Waals surface area contributed by atoms with Gasteiger partial charge in [0, 0.05) is 39.1 Å². The van der Waals surface area contributed by atoms with Crippen LogP contribution in [-0.4, -0.2) is 73.6 Å². The summed E-state index contributed by atoms with van der Waals surface area (Å²) >= 11 is 0. The number of nitrogens with zero attached hydrogens (tertiary/aromatic N) is 2. The quantitative estimate of drug-likeness (QED) is 0.692. The minimum absolute atomic E-state index is 0. The van der Waals surface area contributed by atoms with Crippen molar-refractivity contribution in [2.75, 3.05) is 45.9 Å². The molecular weight excluding hydrogens is 403 g/mol. The molecule has 0 aromatic heterocycles. The summed E-state index contributed by atoms with van der Waals surface area (Å²) in [5.74, 6) is -0.168. The van der Waals surface area contributed by atoms with E-state index in [1.54, 1.807) is 6.92 Å². The minimum atomic E-state index is -1.12. The smallest absolute Gasteiger partial charge is 0.244 e. The third kappa shape index (κ3) is 6.06. The molecule has 158 valence electrons. The maximum Gasteiger partial charge on any atom is 0.244 e. The van der Waals surface area contributed by atoms with Gasteiger partial charge in [0.2, 0.25) is 11.8 Å². The fourth-order valence-corrected chi connectivity index (χ4v) is 3.42. The SMILES string of the molecule is CC(N)(C(=O)NC1CC(=O)N(CCN2CCOCC2)C1)c1ccccc1.Cl.Cl. The van der Waals surface area contributed by atoms with E-state index >= 15 is 0 Å². The normalized spacial score (nSPS) is 22.0. The van der Waals surface area contributed by atoms with Crippen molar-refractivity contribution < 1.29 is 14.3 Å². The predicted octanol–water partition coefficient (Wildman–Crippen LogP) is 0.753. The molecule has 1 aromatic rings. The molecule has 1 aromatic carbocycles. The zero-order chi connectivity index (χ0) is 18.6. The second-order valence-corrected chi connectivity index (χ2v) is 7.24. The summed E-state index contributed by atoms with van der Waals surface area (Å²) in [5.41, 5.74) is 5.89. The summed E-state index contributed by atoms with van der Waals surface area (Å²) in [7, 11) is 0. The van der Waals surface area contributed by atoms with Crippen molar-refractivity contribution in [1.29, 1.82) is 0 Å². The van der Waals surface area contributed by atoms with E-state index in [1.807, 2.05) is 35.2 Å². The van der Waals surface area contributed by atoms with Crippen molar-refractivity contribution in [2.24, 2.45) is 5.73 Å². The first-order valence-electron chi connectivity index (χ1n) is 9.20. The molecule has 2 heterocycles. The summed E-state index contributed by atoms with van der Waals surface area (Å²) in [5, 5.41) is 2.96. The van der Waals surface area contributed by atoms with Gasteiger partial charge in [-0.2, -0.15) is 0 Å². The van der Waals surface area contributed by atoms with Crippen LogP contribution in [0.1, 0.15) is 18.9 Å². The number of nitrogens with one attached hydrogen (secondary N) is 1. The Morgan fingerprint density at radius 1 is 1.21 bits per heavy atom. The zero-order valence-corrected chi connectivity index (χ0v) is 17.8. The highest BCUT2D eigenvalue weighted by Crippen LogP contribution is 2.19. The Kier molecular flexibility index (Phi) is 9.66. The van der Waals surface area contributed by atoms with Crippen molar-refractivity contribution in [3.63, 3.8) is 0 Å². The lowest BCUT2D eigenvalue weighted by Gasteiger charge is -2.29. The number of rotatable bonds is 6. The van der Waals surface area contributed by atoms with Gasteiger partial charge in [-0.3, -0.25) is 14.5 Å². The van der Waals surface area contributed by atoms with Crippen LogP contribution in [0.5, 0.6) is 0 Å². The fraction of sp³-hybridized carbons (Fsp3) is 0.579. The number of morpholine rings is 1. The van der Waals surface area contributed by atoms with Crippen molar-refractivity contribution >= 4 is 36.6 Å². The number of nitrogens with two attached hydrogens (primary N) is 1. The molecule has 2 atom stereocenters. The molecule has 7 nitrogen and oxygen atoms in total. The van der Waals surface area contributed by atoms with Crippen LogP contribution in [-0.2, 0) is 19.9 Å². The topological polar surface area (TPSA) is 87.9 Å². The molecule has 2 saturated heterocycles. The molecule has 0 saturated carbocycles. The average Bonchev–Trinajstić information content (AvgIpc) is 3.00. The van der Waals surface area contributed by atoms with E-state index in [2.05, 4.69) is 10.2 Å². The van der Waals surface area contributed by atoms with E-state index < -0.39 is 5.54 Å². The van der Waals surface area contributed by atoms with Crippen LogP contribution < -0.4 is 11.1 Å². The van der Waals surface area contributed by atoms with Gasteiger partial charge < -0.3 is 20.7 Å². The number of carbonyl (C=O) groups excluding carboxylic acids is 2. The van der Waals surface area contributed by atoms with E-state index in [4.69, 9.17) is 10.5 Å². The lowest BCUT2D eigenvalue weighted by molar-refractivity contribution is -0.128. The first kappa shape index (κ1) is 24.7. The van der Waals surface area contributed by atoms with Gasteiger partial charge in [0.1, 0.15) is 5.54 Å². The van der Waals surface area contributed by atoms with Gasteiger partial charge in [0.15, 0.2) is 0 Å². The highest BCUT2D eigenvalue weighted by molar-refractivity contribution is 5.88. The van der Waals surface area contributed by atoms with Gasteiger partial charge in [-0.05, 0) is 12.5 Å². The van der Waals surface area contributed by atoms with Crippen LogP contribution in [0, 0.1) is 0 Å². The number of amides is 2. The molecule has 2 amide bonds. The number of ether oxygens (including phenoxy) is 1. The molecule has 0 radical (unpaired) electrons. The van der Waals surface area contributed by atoms with Gasteiger partial charge in [-0.15, -0.1) is 24.8 Å². The predicted molar refractivity (Wildman–Crippen MR) is 113 cm³/mol. The molecule has 9 heteroatoms. The van der Waals surface area contributed by atoms with E-state index in [1.165, 1.54) is 0 Å². The molecule has 2 fully saturated rings. The van der Waals surface area contributed by atoms with Crippen molar-refractivity contribution in [1.82, 2.24) is 15.1 Å². The first-order chi connectivity index (χ1) is 12.5. The standard InChI is InChI=1S/C19H28N4O3.2ClH/c1-19(20,15-5-3-2-4-6-15)18(25)21-16-13-17(24)23(14-16)8-7-22-9-11-26-12-10-22;;/h2-6,16H,7-14,20H2,1H3,(H,21,25);2*1H.